The van der Waals surface area contributed by atoms with Crippen molar-refractivity contribution in [2.45, 2.75) is 25.8 Å². The van der Waals surface area contributed by atoms with E-state index in [2.05, 4.69) is 10.5 Å². The first-order valence-corrected chi connectivity index (χ1v) is 5.83. The van der Waals surface area contributed by atoms with Crippen molar-refractivity contribution in [1.29, 1.82) is 0 Å². The first kappa shape index (κ1) is 12.6. The number of primary amides is 1. The molecule has 0 spiro atoms. The Labute approximate surface area is 104 Å². The van der Waals surface area contributed by atoms with Crippen LogP contribution >= 0.6 is 0 Å². The minimum Gasteiger partial charge on any atom is -0.361 e. The summed E-state index contributed by atoms with van der Waals surface area (Å²) in [5.74, 6) is 0.355. The number of hydrogen-bond donors (Lipinski definition) is 2. The van der Waals surface area contributed by atoms with Gasteiger partial charge in [0.2, 0.25) is 5.91 Å². The Balaban J connectivity index is 1.99. The van der Waals surface area contributed by atoms with Crippen molar-refractivity contribution in [3.63, 3.8) is 0 Å². The molecule has 7 nitrogen and oxygen atoms in total. The smallest absolute Gasteiger partial charge is 0.318 e. The molecule has 2 heterocycles. The van der Waals surface area contributed by atoms with E-state index < -0.39 is 11.9 Å². The molecule has 1 aliphatic heterocycles. The highest BCUT2D eigenvalue weighted by molar-refractivity contribution is 5.94. The number of rotatable bonds is 3. The van der Waals surface area contributed by atoms with Crippen LogP contribution < -0.4 is 11.1 Å². The number of hydrogen-bond acceptors (Lipinski definition) is 5. The molecule has 0 bridgehead atoms. The summed E-state index contributed by atoms with van der Waals surface area (Å²) in [6.45, 7) is 2.76. The quantitative estimate of drug-likeness (QED) is 0.806. The van der Waals surface area contributed by atoms with Crippen LogP contribution in [-0.4, -0.2) is 35.1 Å². The van der Waals surface area contributed by atoms with Gasteiger partial charge in [-0.15, -0.1) is 0 Å². The van der Waals surface area contributed by atoms with E-state index in [1.165, 1.54) is 0 Å². The monoisotopic (exact) mass is 252 g/mol. The van der Waals surface area contributed by atoms with Crippen LogP contribution in [0.2, 0.25) is 0 Å². The fraction of sp³-hybridized carbons (Fsp3) is 0.545. The lowest BCUT2D eigenvalue weighted by Gasteiger charge is -2.21. The molecule has 7 heteroatoms. The van der Waals surface area contributed by atoms with Gasteiger partial charge >= 0.3 is 6.03 Å². The zero-order valence-corrected chi connectivity index (χ0v) is 10.2. The van der Waals surface area contributed by atoms with Gasteiger partial charge < -0.3 is 10.3 Å². The normalized spacial score (nSPS) is 19.9. The summed E-state index contributed by atoms with van der Waals surface area (Å²) < 4.78 is 5.04. The van der Waals surface area contributed by atoms with Gasteiger partial charge in [-0.05, 0) is 26.3 Å². The van der Waals surface area contributed by atoms with E-state index in [-0.39, 0.29) is 12.6 Å². The van der Waals surface area contributed by atoms with E-state index >= 15 is 0 Å². The Kier molecular flexibility index (Phi) is 3.61. The lowest BCUT2D eigenvalue weighted by Crippen LogP contribution is -2.42. The van der Waals surface area contributed by atoms with E-state index in [0.717, 1.165) is 30.8 Å². The van der Waals surface area contributed by atoms with Crippen molar-refractivity contribution in [2.24, 2.45) is 5.73 Å². The van der Waals surface area contributed by atoms with Crippen LogP contribution in [0.4, 0.5) is 4.79 Å². The van der Waals surface area contributed by atoms with Gasteiger partial charge in [0.05, 0.1) is 12.6 Å². The highest BCUT2D eigenvalue weighted by Gasteiger charge is 2.29. The van der Waals surface area contributed by atoms with Gasteiger partial charge in [-0.3, -0.25) is 15.0 Å². The number of aromatic nitrogens is 1. The maximum absolute atomic E-state index is 11.5. The summed E-state index contributed by atoms with van der Waals surface area (Å²) >= 11 is 0. The van der Waals surface area contributed by atoms with Crippen LogP contribution in [0.15, 0.2) is 10.6 Å². The molecule has 0 aromatic carbocycles. The van der Waals surface area contributed by atoms with E-state index in [1.807, 2.05) is 17.9 Å². The zero-order valence-electron chi connectivity index (χ0n) is 10.2. The third-order valence-electron chi connectivity index (χ3n) is 2.96. The molecule has 0 saturated carbocycles. The number of nitrogens with two attached hydrogens (primary N) is 1. The summed E-state index contributed by atoms with van der Waals surface area (Å²) in [5.41, 5.74) is 5.73. The van der Waals surface area contributed by atoms with Crippen LogP contribution in [-0.2, 0) is 4.79 Å². The Morgan fingerprint density at radius 2 is 2.44 bits per heavy atom. The minimum atomic E-state index is -0.826. The van der Waals surface area contributed by atoms with Crippen LogP contribution in [0.3, 0.4) is 0 Å². The molecule has 98 valence electrons. The number of likely N-dealkylation sites (tertiary alicyclic amines) is 1. The van der Waals surface area contributed by atoms with Gasteiger partial charge in [-0.2, -0.15) is 0 Å². The Morgan fingerprint density at radius 3 is 3.06 bits per heavy atom. The molecule has 1 fully saturated rings. The molecule has 1 saturated heterocycles. The van der Waals surface area contributed by atoms with Crippen molar-refractivity contribution < 1.29 is 14.1 Å². The second kappa shape index (κ2) is 5.18. The highest BCUT2D eigenvalue weighted by atomic mass is 16.5. The summed E-state index contributed by atoms with van der Waals surface area (Å²) in [6.07, 6.45) is 1.91. The number of carbonyl (C=O) groups excluding carboxylic acids is 2. The van der Waals surface area contributed by atoms with Gasteiger partial charge in [0.15, 0.2) is 0 Å². The summed E-state index contributed by atoms with van der Waals surface area (Å²) in [6, 6.07) is 1.11. The number of nitrogens with zero attached hydrogens (tertiary/aromatic N) is 2. The van der Waals surface area contributed by atoms with Crippen LogP contribution in [0, 0.1) is 6.92 Å². The second-order valence-electron chi connectivity index (χ2n) is 4.40. The molecule has 0 aliphatic carbocycles. The van der Waals surface area contributed by atoms with Gasteiger partial charge in [0.25, 0.3) is 0 Å². The number of aryl methyl sites for hydroxylation is 1. The van der Waals surface area contributed by atoms with Gasteiger partial charge in [-0.1, -0.05) is 5.16 Å². The zero-order chi connectivity index (χ0) is 13.1. The molecule has 3 amide bonds. The second-order valence-corrected chi connectivity index (χ2v) is 4.40. The predicted octanol–water partition coefficient (Wildman–Crippen LogP) is 0.315. The van der Waals surface area contributed by atoms with E-state index in [1.54, 1.807) is 0 Å². The van der Waals surface area contributed by atoms with Crippen molar-refractivity contribution >= 4 is 11.9 Å². The minimum absolute atomic E-state index is 0.0704. The van der Waals surface area contributed by atoms with Crippen LogP contribution in [0.5, 0.6) is 0 Å². The maximum Gasteiger partial charge on any atom is 0.318 e. The standard InChI is InChI=1S/C11H16N4O3/c1-7-5-8(14-18-7)9-3-2-4-15(9)6-10(16)13-11(12)17/h5,9H,2-4,6H2,1H3,(H3,12,13,16,17)/t9-/m1/s1. The average Bonchev–Trinajstić information content (AvgIpc) is 2.85. The Morgan fingerprint density at radius 1 is 1.67 bits per heavy atom. The lowest BCUT2D eigenvalue weighted by molar-refractivity contribution is -0.121. The third kappa shape index (κ3) is 2.86. The molecular weight excluding hydrogens is 236 g/mol. The highest BCUT2D eigenvalue weighted by Crippen LogP contribution is 2.30. The fourth-order valence-electron chi connectivity index (χ4n) is 2.25. The van der Waals surface area contributed by atoms with Gasteiger partial charge in [0.1, 0.15) is 11.5 Å². The van der Waals surface area contributed by atoms with Crippen molar-refractivity contribution in [3.05, 3.63) is 17.5 Å². The number of nitrogens with one attached hydrogen (secondary N) is 1. The molecule has 0 radical (unpaired) electrons. The lowest BCUT2D eigenvalue weighted by atomic mass is 10.1. The van der Waals surface area contributed by atoms with E-state index in [4.69, 9.17) is 10.3 Å². The summed E-state index contributed by atoms with van der Waals surface area (Å²) in [7, 11) is 0. The van der Waals surface area contributed by atoms with E-state index in [9.17, 15) is 9.59 Å². The molecule has 18 heavy (non-hydrogen) atoms. The summed E-state index contributed by atoms with van der Waals surface area (Å²) in [4.78, 5) is 24.0. The number of amides is 3. The van der Waals surface area contributed by atoms with Gasteiger partial charge in [0, 0.05) is 6.07 Å². The number of imide groups is 1. The SMILES string of the molecule is Cc1cc([C@H]2CCCN2CC(=O)NC(N)=O)no1. The molecule has 2 rings (SSSR count). The van der Waals surface area contributed by atoms with Crippen molar-refractivity contribution in [3.8, 4) is 0 Å². The molecule has 1 aromatic heterocycles. The fourth-order valence-corrected chi connectivity index (χ4v) is 2.25. The van der Waals surface area contributed by atoms with Gasteiger partial charge in [-0.25, -0.2) is 4.79 Å². The number of urea groups is 1. The first-order chi connectivity index (χ1) is 8.56. The summed E-state index contributed by atoms with van der Waals surface area (Å²) in [5, 5.41) is 6.04. The van der Waals surface area contributed by atoms with Crippen molar-refractivity contribution in [2.75, 3.05) is 13.1 Å². The first-order valence-electron chi connectivity index (χ1n) is 5.83. The average molecular weight is 252 g/mol. The van der Waals surface area contributed by atoms with E-state index in [0.29, 0.717) is 0 Å². The molecule has 0 unspecified atom stereocenters. The molecule has 1 atom stereocenters. The van der Waals surface area contributed by atoms with Crippen molar-refractivity contribution in [1.82, 2.24) is 15.4 Å². The topological polar surface area (TPSA) is 101 Å². The maximum atomic E-state index is 11.5. The molecule has 3 N–H and O–H groups in total. The molecule has 1 aliphatic rings. The molecular formula is C11H16N4O3. The third-order valence-corrected chi connectivity index (χ3v) is 2.96. The van der Waals surface area contributed by atoms with Crippen LogP contribution in [0.1, 0.15) is 30.3 Å². The number of carbonyl (C=O) groups is 2. The largest absolute Gasteiger partial charge is 0.361 e. The Bertz CT molecular complexity index is 457. The van der Waals surface area contributed by atoms with Crippen LogP contribution in [0.25, 0.3) is 0 Å². The predicted molar refractivity (Wildman–Crippen MR) is 62.5 cm³/mol. The molecule has 1 aromatic rings. The Hall–Kier alpha value is -1.89.